The summed E-state index contributed by atoms with van der Waals surface area (Å²) in [6.45, 7) is 7.80. The van der Waals surface area contributed by atoms with E-state index in [0.717, 1.165) is 10.0 Å². The highest BCUT2D eigenvalue weighted by atomic mass is 79.9. The van der Waals surface area contributed by atoms with Crippen molar-refractivity contribution >= 4 is 33.4 Å². The third-order valence-corrected chi connectivity index (χ3v) is 4.75. The average Bonchev–Trinajstić information content (AvgIpc) is 2.55. The molecule has 0 radical (unpaired) electrons. The number of aryl methyl sites for hydroxylation is 1. The highest BCUT2D eigenvalue weighted by Gasteiger charge is 2.50. The molecule has 1 aliphatic rings. The fourth-order valence-electron chi connectivity index (χ4n) is 2.33. The van der Waals surface area contributed by atoms with Crippen molar-refractivity contribution in [3.63, 3.8) is 0 Å². The molecule has 0 aliphatic carbocycles. The maximum atomic E-state index is 12.6. The van der Waals surface area contributed by atoms with E-state index in [1.54, 1.807) is 0 Å². The zero-order chi connectivity index (χ0) is 14.4. The molecule has 0 bridgehead atoms. The van der Waals surface area contributed by atoms with Crippen LogP contribution in [0.25, 0.3) is 0 Å². The summed E-state index contributed by atoms with van der Waals surface area (Å²) in [5.41, 5.74) is 1.08. The van der Waals surface area contributed by atoms with Crippen molar-refractivity contribution in [2.45, 2.75) is 34.1 Å². The molecular formula is C15H18BrNO2. The summed E-state index contributed by atoms with van der Waals surface area (Å²) >= 11 is 3.42. The van der Waals surface area contributed by atoms with Gasteiger partial charge in [0.15, 0.2) is 0 Å². The molecule has 1 saturated heterocycles. The van der Waals surface area contributed by atoms with E-state index in [2.05, 4.69) is 15.9 Å². The van der Waals surface area contributed by atoms with Gasteiger partial charge in [-0.15, -0.1) is 0 Å². The van der Waals surface area contributed by atoms with E-state index < -0.39 is 5.41 Å². The fraction of sp³-hybridized carbons (Fsp3) is 0.467. The lowest BCUT2D eigenvalue weighted by Gasteiger charge is -2.26. The topological polar surface area (TPSA) is 37.4 Å². The predicted octanol–water partition coefficient (Wildman–Crippen LogP) is 3.68. The molecule has 1 aliphatic heterocycles. The Hall–Kier alpha value is -1.16. The summed E-state index contributed by atoms with van der Waals surface area (Å²) in [5.74, 6) is -0.0798. The van der Waals surface area contributed by atoms with Crippen LogP contribution in [0.2, 0.25) is 0 Å². The van der Waals surface area contributed by atoms with E-state index >= 15 is 0 Å². The monoisotopic (exact) mass is 323 g/mol. The maximum absolute atomic E-state index is 12.6. The Bertz CT molecular complexity index is 553. The molecule has 19 heavy (non-hydrogen) atoms. The van der Waals surface area contributed by atoms with Crippen molar-refractivity contribution in [1.82, 2.24) is 0 Å². The minimum atomic E-state index is -0.597. The van der Waals surface area contributed by atoms with Crippen molar-refractivity contribution in [3.8, 4) is 0 Å². The molecule has 0 spiro atoms. The molecule has 1 atom stereocenters. The molecule has 102 valence electrons. The fourth-order valence-corrected chi connectivity index (χ4v) is 2.75. The zero-order valence-electron chi connectivity index (χ0n) is 11.7. The number of anilines is 1. The van der Waals surface area contributed by atoms with Crippen LogP contribution in [0.15, 0.2) is 22.7 Å². The van der Waals surface area contributed by atoms with Crippen LogP contribution < -0.4 is 4.90 Å². The first kappa shape index (κ1) is 14.3. The van der Waals surface area contributed by atoms with Crippen LogP contribution in [-0.2, 0) is 9.59 Å². The third-order valence-electron chi connectivity index (χ3n) is 4.08. The quantitative estimate of drug-likeness (QED) is 0.778. The Morgan fingerprint density at radius 3 is 2.47 bits per heavy atom. The summed E-state index contributed by atoms with van der Waals surface area (Å²) in [4.78, 5) is 26.2. The Morgan fingerprint density at radius 1 is 1.32 bits per heavy atom. The predicted molar refractivity (Wildman–Crippen MR) is 78.9 cm³/mol. The van der Waals surface area contributed by atoms with Crippen LogP contribution in [-0.4, -0.2) is 11.8 Å². The Balaban J connectivity index is 2.49. The molecule has 4 heteroatoms. The number of benzene rings is 1. The van der Waals surface area contributed by atoms with Gasteiger partial charge in [0.05, 0.1) is 11.1 Å². The number of carbonyl (C=O) groups is 2. The van der Waals surface area contributed by atoms with Gasteiger partial charge in [0.2, 0.25) is 11.8 Å². The molecule has 1 aromatic rings. The van der Waals surface area contributed by atoms with Gasteiger partial charge in [-0.3, -0.25) is 9.59 Å². The standard InChI is InChI=1S/C15H18BrNO2/c1-9(2)15(4)8-13(18)17(14(15)19)12-7-10(3)5-6-11(12)16/h5-7,9H,8H2,1-4H3. The molecule has 0 saturated carbocycles. The van der Waals surface area contributed by atoms with Crippen molar-refractivity contribution in [2.24, 2.45) is 11.3 Å². The van der Waals surface area contributed by atoms with Crippen molar-refractivity contribution in [2.75, 3.05) is 4.90 Å². The first-order valence-electron chi connectivity index (χ1n) is 6.41. The normalized spacial score (nSPS) is 23.6. The minimum Gasteiger partial charge on any atom is -0.274 e. The van der Waals surface area contributed by atoms with Crippen LogP contribution in [0.5, 0.6) is 0 Å². The number of amides is 2. The lowest BCUT2D eigenvalue weighted by Crippen LogP contribution is -2.37. The Morgan fingerprint density at radius 2 is 1.95 bits per heavy atom. The maximum Gasteiger partial charge on any atom is 0.240 e. The van der Waals surface area contributed by atoms with E-state index in [1.165, 1.54) is 4.90 Å². The molecule has 1 heterocycles. The molecule has 1 unspecified atom stereocenters. The molecule has 0 N–H and O–H groups in total. The van der Waals surface area contributed by atoms with Gasteiger partial charge < -0.3 is 0 Å². The second-order valence-corrected chi connectivity index (χ2v) is 6.59. The lowest BCUT2D eigenvalue weighted by atomic mass is 9.78. The second kappa shape index (κ2) is 4.75. The first-order chi connectivity index (χ1) is 8.77. The lowest BCUT2D eigenvalue weighted by molar-refractivity contribution is -0.126. The van der Waals surface area contributed by atoms with Crippen molar-refractivity contribution in [1.29, 1.82) is 0 Å². The molecule has 3 nitrogen and oxygen atoms in total. The van der Waals surface area contributed by atoms with Crippen molar-refractivity contribution < 1.29 is 9.59 Å². The highest BCUT2D eigenvalue weighted by molar-refractivity contribution is 9.10. The van der Waals surface area contributed by atoms with Gasteiger partial charge in [-0.05, 0) is 53.4 Å². The highest BCUT2D eigenvalue weighted by Crippen LogP contribution is 2.43. The van der Waals surface area contributed by atoms with Gasteiger partial charge in [0.25, 0.3) is 0 Å². The molecular weight excluding hydrogens is 306 g/mol. The molecule has 0 aromatic heterocycles. The van der Waals surface area contributed by atoms with E-state index in [4.69, 9.17) is 0 Å². The number of hydrogen-bond acceptors (Lipinski definition) is 2. The van der Waals surface area contributed by atoms with Crippen LogP contribution >= 0.6 is 15.9 Å². The number of imide groups is 1. The first-order valence-corrected chi connectivity index (χ1v) is 7.20. The van der Waals surface area contributed by atoms with E-state index in [1.807, 2.05) is 45.9 Å². The molecule has 1 aromatic carbocycles. The smallest absolute Gasteiger partial charge is 0.240 e. The van der Waals surface area contributed by atoms with Gasteiger partial charge in [0, 0.05) is 10.9 Å². The van der Waals surface area contributed by atoms with Crippen LogP contribution in [0.1, 0.15) is 32.8 Å². The summed E-state index contributed by atoms with van der Waals surface area (Å²) in [5, 5.41) is 0. The van der Waals surface area contributed by atoms with Gasteiger partial charge >= 0.3 is 0 Å². The molecule has 2 amide bonds. The molecule has 2 rings (SSSR count). The zero-order valence-corrected chi connectivity index (χ0v) is 13.2. The third kappa shape index (κ3) is 2.22. The number of halogens is 1. The minimum absolute atomic E-state index is 0.0983. The average molecular weight is 324 g/mol. The summed E-state index contributed by atoms with van der Waals surface area (Å²) in [7, 11) is 0. The SMILES string of the molecule is Cc1ccc(Br)c(N2C(=O)CC(C)(C(C)C)C2=O)c1. The van der Waals surface area contributed by atoms with Gasteiger partial charge in [-0.25, -0.2) is 4.90 Å². The van der Waals surface area contributed by atoms with Crippen molar-refractivity contribution in [3.05, 3.63) is 28.2 Å². The van der Waals surface area contributed by atoms with Gasteiger partial charge in [-0.1, -0.05) is 19.9 Å². The summed E-state index contributed by atoms with van der Waals surface area (Å²) in [6.07, 6.45) is 0.282. The van der Waals surface area contributed by atoms with Gasteiger partial charge in [0.1, 0.15) is 0 Å². The summed E-state index contributed by atoms with van der Waals surface area (Å²) in [6, 6.07) is 5.68. The summed E-state index contributed by atoms with van der Waals surface area (Å²) < 4.78 is 0.771. The van der Waals surface area contributed by atoms with E-state index in [9.17, 15) is 9.59 Å². The van der Waals surface area contributed by atoms with Crippen LogP contribution in [0.3, 0.4) is 0 Å². The molecule has 1 fully saturated rings. The number of carbonyl (C=O) groups excluding carboxylic acids is 2. The second-order valence-electron chi connectivity index (χ2n) is 5.74. The Labute approximate surface area is 122 Å². The van der Waals surface area contributed by atoms with E-state index in [-0.39, 0.29) is 24.2 Å². The number of nitrogens with zero attached hydrogens (tertiary/aromatic N) is 1. The Kier molecular flexibility index (Phi) is 3.56. The van der Waals surface area contributed by atoms with Crippen LogP contribution in [0.4, 0.5) is 5.69 Å². The van der Waals surface area contributed by atoms with E-state index in [0.29, 0.717) is 5.69 Å². The largest absolute Gasteiger partial charge is 0.274 e. The van der Waals surface area contributed by atoms with Crippen LogP contribution in [0, 0.1) is 18.3 Å². The number of hydrogen-bond donors (Lipinski definition) is 0. The van der Waals surface area contributed by atoms with Gasteiger partial charge in [-0.2, -0.15) is 0 Å². The number of rotatable bonds is 2.